The third-order valence-electron chi connectivity index (χ3n) is 7.23. The second-order valence-corrected chi connectivity index (χ2v) is 9.58. The van der Waals surface area contributed by atoms with E-state index in [0.717, 1.165) is 42.4 Å². The molecule has 5 rings (SSSR count). The van der Waals surface area contributed by atoms with Crippen LogP contribution in [0.4, 0.5) is 0 Å². The van der Waals surface area contributed by atoms with E-state index >= 15 is 0 Å². The number of benzene rings is 3. The van der Waals surface area contributed by atoms with E-state index in [-0.39, 0.29) is 12.4 Å². The topological polar surface area (TPSA) is 38.8 Å². The molecule has 4 nitrogen and oxygen atoms in total. The molecule has 1 saturated heterocycles. The Bertz CT molecular complexity index is 1190. The first kappa shape index (κ1) is 23.4. The molecule has 0 radical (unpaired) electrons. The predicted molar refractivity (Wildman–Crippen MR) is 139 cm³/mol. The minimum absolute atomic E-state index is 0.233. The summed E-state index contributed by atoms with van der Waals surface area (Å²) < 4.78 is 11.1. The van der Waals surface area contributed by atoms with Crippen molar-refractivity contribution in [1.82, 2.24) is 4.90 Å². The highest BCUT2D eigenvalue weighted by molar-refractivity contribution is 5.86. The van der Waals surface area contributed by atoms with Crippen molar-refractivity contribution in [2.24, 2.45) is 5.92 Å². The third kappa shape index (κ3) is 5.66. The number of piperidine rings is 1. The molecule has 0 spiro atoms. The second-order valence-electron chi connectivity index (χ2n) is 9.58. The van der Waals surface area contributed by atoms with Gasteiger partial charge in [0.1, 0.15) is 12.4 Å². The number of hydrogen-bond donors (Lipinski definition) is 0. The average Bonchev–Trinajstić information content (AvgIpc) is 3.05. The Balaban J connectivity index is 1.35. The van der Waals surface area contributed by atoms with Gasteiger partial charge in [-0.25, -0.2) is 0 Å². The Morgan fingerprint density at radius 3 is 2.54 bits per heavy atom. The van der Waals surface area contributed by atoms with E-state index < -0.39 is 0 Å². The summed E-state index contributed by atoms with van der Waals surface area (Å²) in [7, 11) is 1.43. The van der Waals surface area contributed by atoms with E-state index in [2.05, 4.69) is 71.6 Å². The number of carbonyl (C=O) groups excluding carboxylic acids is 1. The number of esters is 1. The van der Waals surface area contributed by atoms with E-state index in [1.54, 1.807) is 0 Å². The van der Waals surface area contributed by atoms with Crippen LogP contribution >= 0.6 is 0 Å². The largest absolute Gasteiger partial charge is 0.488 e. The fourth-order valence-corrected chi connectivity index (χ4v) is 5.23. The normalized spacial score (nSPS) is 17.2. The van der Waals surface area contributed by atoms with Crippen molar-refractivity contribution in [3.63, 3.8) is 0 Å². The molecule has 3 aromatic carbocycles. The standard InChI is InChI=1S/C31H33NO3/c1-34-31(33)21-25-11-12-30-29(20-25)28(27-10-6-5-9-26(27)22-35-30)15-18-32-16-13-24(14-17-32)19-23-7-3-2-4-8-23/h2-12,15,20,24H,13-14,16-19,21-22H2,1H3. The Morgan fingerprint density at radius 1 is 0.971 bits per heavy atom. The quantitative estimate of drug-likeness (QED) is 0.437. The molecule has 0 aliphatic carbocycles. The summed E-state index contributed by atoms with van der Waals surface area (Å²) in [4.78, 5) is 14.5. The van der Waals surface area contributed by atoms with Gasteiger partial charge in [-0.05, 0) is 78.2 Å². The van der Waals surface area contributed by atoms with E-state index in [4.69, 9.17) is 9.47 Å². The molecule has 4 heteroatoms. The van der Waals surface area contributed by atoms with E-state index in [1.165, 1.54) is 48.6 Å². The van der Waals surface area contributed by atoms with Gasteiger partial charge in [0.15, 0.2) is 0 Å². The minimum Gasteiger partial charge on any atom is -0.488 e. The first-order valence-electron chi connectivity index (χ1n) is 12.6. The van der Waals surface area contributed by atoms with Gasteiger partial charge in [-0.1, -0.05) is 66.7 Å². The van der Waals surface area contributed by atoms with Gasteiger partial charge in [-0.2, -0.15) is 0 Å². The summed E-state index contributed by atoms with van der Waals surface area (Å²) in [5, 5.41) is 0. The number of fused-ring (bicyclic) bond motifs is 2. The summed E-state index contributed by atoms with van der Waals surface area (Å²) in [6.07, 6.45) is 6.26. The van der Waals surface area contributed by atoms with Crippen LogP contribution in [-0.2, 0) is 29.0 Å². The van der Waals surface area contributed by atoms with Gasteiger partial charge in [0.25, 0.3) is 0 Å². The second kappa shape index (κ2) is 10.9. The Morgan fingerprint density at radius 2 is 1.74 bits per heavy atom. The lowest BCUT2D eigenvalue weighted by atomic mass is 9.90. The Hall–Kier alpha value is -3.37. The molecule has 0 atom stereocenters. The van der Waals surface area contributed by atoms with Gasteiger partial charge >= 0.3 is 5.97 Å². The maximum atomic E-state index is 11.9. The monoisotopic (exact) mass is 467 g/mol. The van der Waals surface area contributed by atoms with Crippen molar-refractivity contribution in [3.05, 3.63) is 107 Å². The van der Waals surface area contributed by atoms with Crippen molar-refractivity contribution in [3.8, 4) is 5.75 Å². The SMILES string of the molecule is COC(=O)Cc1ccc2c(c1)C(=CCN1CCC(Cc3ccccc3)CC1)c1ccccc1CO2. The number of carbonyl (C=O) groups is 1. The van der Waals surface area contributed by atoms with Gasteiger partial charge in [0, 0.05) is 12.1 Å². The molecule has 180 valence electrons. The minimum atomic E-state index is -0.233. The van der Waals surface area contributed by atoms with Crippen LogP contribution in [0, 0.1) is 5.92 Å². The number of methoxy groups -OCH3 is 1. The van der Waals surface area contributed by atoms with Crippen LogP contribution < -0.4 is 4.74 Å². The lowest BCUT2D eigenvalue weighted by Crippen LogP contribution is -2.34. The van der Waals surface area contributed by atoms with Crippen molar-refractivity contribution in [2.75, 3.05) is 26.7 Å². The Labute approximate surface area is 208 Å². The molecule has 1 fully saturated rings. The molecule has 0 bridgehead atoms. The number of likely N-dealkylation sites (tertiary alicyclic amines) is 1. The maximum Gasteiger partial charge on any atom is 0.309 e. The summed E-state index contributed by atoms with van der Waals surface area (Å²) >= 11 is 0. The zero-order valence-electron chi connectivity index (χ0n) is 20.4. The van der Waals surface area contributed by atoms with Crippen LogP contribution in [0.2, 0.25) is 0 Å². The van der Waals surface area contributed by atoms with Crippen LogP contribution in [0.3, 0.4) is 0 Å². The summed E-state index contributed by atoms with van der Waals surface area (Å²) in [5.74, 6) is 1.39. The number of ether oxygens (including phenoxy) is 2. The molecule has 0 N–H and O–H groups in total. The van der Waals surface area contributed by atoms with E-state index in [0.29, 0.717) is 6.61 Å². The van der Waals surface area contributed by atoms with Crippen LogP contribution in [-0.4, -0.2) is 37.6 Å². The van der Waals surface area contributed by atoms with Crippen LogP contribution in [0.1, 0.15) is 40.7 Å². The van der Waals surface area contributed by atoms with Crippen molar-refractivity contribution in [1.29, 1.82) is 0 Å². The highest BCUT2D eigenvalue weighted by Crippen LogP contribution is 2.37. The van der Waals surface area contributed by atoms with Gasteiger partial charge < -0.3 is 9.47 Å². The number of nitrogens with zero attached hydrogens (tertiary/aromatic N) is 1. The van der Waals surface area contributed by atoms with E-state index in [1.807, 2.05) is 12.1 Å². The molecule has 0 unspecified atom stereocenters. The first-order valence-corrected chi connectivity index (χ1v) is 12.6. The molecular formula is C31H33NO3. The zero-order valence-corrected chi connectivity index (χ0v) is 20.4. The highest BCUT2D eigenvalue weighted by atomic mass is 16.5. The van der Waals surface area contributed by atoms with Crippen molar-refractivity contribution < 1.29 is 14.3 Å². The molecule has 0 saturated carbocycles. The lowest BCUT2D eigenvalue weighted by Gasteiger charge is -2.31. The van der Waals surface area contributed by atoms with Crippen LogP contribution in [0.15, 0.2) is 78.9 Å². The smallest absolute Gasteiger partial charge is 0.309 e. The van der Waals surface area contributed by atoms with Crippen LogP contribution in [0.25, 0.3) is 5.57 Å². The molecule has 0 amide bonds. The molecule has 2 aliphatic rings. The Kier molecular flexibility index (Phi) is 7.29. The van der Waals surface area contributed by atoms with Gasteiger partial charge in [-0.3, -0.25) is 9.69 Å². The van der Waals surface area contributed by atoms with Gasteiger partial charge in [0.05, 0.1) is 13.5 Å². The van der Waals surface area contributed by atoms with Gasteiger partial charge in [0.2, 0.25) is 0 Å². The maximum absolute atomic E-state index is 11.9. The number of hydrogen-bond acceptors (Lipinski definition) is 4. The van der Waals surface area contributed by atoms with Crippen LogP contribution in [0.5, 0.6) is 5.75 Å². The third-order valence-corrected chi connectivity index (χ3v) is 7.23. The van der Waals surface area contributed by atoms with E-state index in [9.17, 15) is 4.79 Å². The summed E-state index contributed by atoms with van der Waals surface area (Å²) in [6, 6.07) is 25.4. The molecule has 2 heterocycles. The lowest BCUT2D eigenvalue weighted by molar-refractivity contribution is -0.139. The fraction of sp³-hybridized carbons (Fsp3) is 0.323. The predicted octanol–water partition coefficient (Wildman–Crippen LogP) is 5.68. The summed E-state index contributed by atoms with van der Waals surface area (Å²) in [5.41, 5.74) is 7.02. The fourth-order valence-electron chi connectivity index (χ4n) is 5.23. The van der Waals surface area contributed by atoms with Crippen molar-refractivity contribution >= 4 is 11.5 Å². The number of rotatable bonds is 6. The average molecular weight is 468 g/mol. The molecular weight excluding hydrogens is 434 g/mol. The molecule has 3 aromatic rings. The molecule has 0 aromatic heterocycles. The highest BCUT2D eigenvalue weighted by Gasteiger charge is 2.22. The zero-order chi connectivity index (χ0) is 24.0. The first-order chi connectivity index (χ1) is 17.2. The molecule has 2 aliphatic heterocycles. The molecule has 35 heavy (non-hydrogen) atoms. The van der Waals surface area contributed by atoms with Gasteiger partial charge in [-0.15, -0.1) is 0 Å². The van der Waals surface area contributed by atoms with Crippen molar-refractivity contribution in [2.45, 2.75) is 32.3 Å². The summed E-state index contributed by atoms with van der Waals surface area (Å²) in [6.45, 7) is 3.69.